The van der Waals surface area contributed by atoms with Crippen molar-refractivity contribution in [2.75, 3.05) is 0 Å². The first-order chi connectivity index (χ1) is 9.08. The number of aliphatic carboxylic acids is 1. The number of pyridine rings is 1. The van der Waals surface area contributed by atoms with E-state index in [1.165, 1.54) is 6.20 Å². The van der Waals surface area contributed by atoms with Gasteiger partial charge in [0, 0.05) is 18.3 Å². The summed E-state index contributed by atoms with van der Waals surface area (Å²) in [6.45, 7) is 0. The zero-order valence-electron chi connectivity index (χ0n) is 10.1. The molecule has 19 heavy (non-hydrogen) atoms. The van der Waals surface area contributed by atoms with Crippen molar-refractivity contribution >= 4 is 23.5 Å². The van der Waals surface area contributed by atoms with Gasteiger partial charge in [0.05, 0.1) is 10.9 Å². The highest BCUT2D eigenvalue weighted by Crippen LogP contribution is 2.42. The molecule has 100 valence electrons. The normalized spacial score (nSPS) is 28.7. The summed E-state index contributed by atoms with van der Waals surface area (Å²) >= 11 is 5.75. The highest BCUT2D eigenvalue weighted by Gasteiger charge is 2.51. The van der Waals surface area contributed by atoms with Crippen molar-refractivity contribution in [2.24, 2.45) is 5.92 Å². The maximum Gasteiger partial charge on any atom is 0.308 e. The summed E-state index contributed by atoms with van der Waals surface area (Å²) in [5.41, 5.74) is 0.326. The Morgan fingerprint density at radius 1 is 1.37 bits per heavy atom. The Balaban J connectivity index is 1.85. The van der Waals surface area contributed by atoms with Crippen LogP contribution in [0.3, 0.4) is 0 Å². The molecule has 0 radical (unpaired) electrons. The Labute approximate surface area is 115 Å². The van der Waals surface area contributed by atoms with Gasteiger partial charge in [-0.3, -0.25) is 9.59 Å². The first-order valence-electron chi connectivity index (χ1n) is 6.25. The second kappa shape index (κ2) is 4.49. The van der Waals surface area contributed by atoms with E-state index >= 15 is 0 Å². The van der Waals surface area contributed by atoms with E-state index in [1.807, 2.05) is 0 Å². The zero-order valence-corrected chi connectivity index (χ0v) is 10.9. The molecule has 3 heterocycles. The lowest BCUT2D eigenvalue weighted by Gasteiger charge is -2.22. The molecule has 0 saturated carbocycles. The molecule has 3 rings (SSSR count). The van der Waals surface area contributed by atoms with Crippen molar-refractivity contribution in [2.45, 2.75) is 31.3 Å². The van der Waals surface area contributed by atoms with E-state index in [2.05, 4.69) is 4.98 Å². The predicted octanol–water partition coefficient (Wildman–Crippen LogP) is 1.81. The highest BCUT2D eigenvalue weighted by molar-refractivity contribution is 6.30. The average Bonchev–Trinajstić information content (AvgIpc) is 2.96. The van der Waals surface area contributed by atoms with Crippen LogP contribution in [0, 0.1) is 5.92 Å². The van der Waals surface area contributed by atoms with Crippen molar-refractivity contribution in [3.8, 4) is 0 Å². The number of carbonyl (C=O) groups excluding carboxylic acids is 1. The van der Waals surface area contributed by atoms with Crippen LogP contribution in [0.2, 0.25) is 5.02 Å². The van der Waals surface area contributed by atoms with Crippen LogP contribution in [0.25, 0.3) is 0 Å². The molecule has 5 nitrogen and oxygen atoms in total. The van der Waals surface area contributed by atoms with E-state index in [4.69, 9.17) is 11.6 Å². The summed E-state index contributed by atoms with van der Waals surface area (Å²) in [6.07, 6.45) is 3.63. The molecule has 2 aliphatic heterocycles. The SMILES string of the molecule is O=C(O)C1CC2CCC1N2C(=O)c1ccc(Cl)cn1. The second-order valence-electron chi connectivity index (χ2n) is 5.05. The number of amides is 1. The van der Waals surface area contributed by atoms with Gasteiger partial charge in [-0.05, 0) is 31.4 Å². The van der Waals surface area contributed by atoms with Gasteiger partial charge in [-0.1, -0.05) is 11.6 Å². The molecule has 2 fully saturated rings. The summed E-state index contributed by atoms with van der Waals surface area (Å²) < 4.78 is 0. The van der Waals surface area contributed by atoms with E-state index in [0.717, 1.165) is 12.8 Å². The number of hydrogen-bond donors (Lipinski definition) is 1. The van der Waals surface area contributed by atoms with E-state index in [-0.39, 0.29) is 18.0 Å². The fourth-order valence-electron chi connectivity index (χ4n) is 3.21. The van der Waals surface area contributed by atoms with Crippen LogP contribution in [0.4, 0.5) is 0 Å². The lowest BCUT2D eigenvalue weighted by atomic mass is 9.89. The number of fused-ring (bicyclic) bond motifs is 2. The summed E-state index contributed by atoms with van der Waals surface area (Å²) in [4.78, 5) is 29.3. The fourth-order valence-corrected chi connectivity index (χ4v) is 3.32. The van der Waals surface area contributed by atoms with E-state index in [1.54, 1.807) is 17.0 Å². The van der Waals surface area contributed by atoms with Gasteiger partial charge >= 0.3 is 5.97 Å². The molecule has 1 N–H and O–H groups in total. The molecule has 0 aliphatic carbocycles. The van der Waals surface area contributed by atoms with Crippen LogP contribution in [0.1, 0.15) is 29.8 Å². The van der Waals surface area contributed by atoms with Gasteiger partial charge in [0.1, 0.15) is 5.69 Å². The third-order valence-corrected chi connectivity index (χ3v) is 4.26. The second-order valence-corrected chi connectivity index (χ2v) is 5.49. The quantitative estimate of drug-likeness (QED) is 0.897. The van der Waals surface area contributed by atoms with Crippen molar-refractivity contribution in [3.63, 3.8) is 0 Å². The highest BCUT2D eigenvalue weighted by atomic mass is 35.5. The number of carbonyl (C=O) groups is 2. The summed E-state index contributed by atoms with van der Waals surface area (Å²) in [6, 6.07) is 3.05. The van der Waals surface area contributed by atoms with Gasteiger partial charge in [0.15, 0.2) is 0 Å². The number of nitrogens with zero attached hydrogens (tertiary/aromatic N) is 2. The van der Waals surface area contributed by atoms with E-state index in [9.17, 15) is 14.7 Å². The zero-order chi connectivity index (χ0) is 13.6. The van der Waals surface area contributed by atoms with Crippen molar-refractivity contribution in [1.29, 1.82) is 0 Å². The minimum Gasteiger partial charge on any atom is -0.481 e. The Hall–Kier alpha value is -1.62. The monoisotopic (exact) mass is 280 g/mol. The molecule has 1 amide bonds. The number of aromatic nitrogens is 1. The summed E-state index contributed by atoms with van der Waals surface area (Å²) in [7, 11) is 0. The van der Waals surface area contributed by atoms with Crippen LogP contribution in [-0.4, -0.2) is 39.0 Å². The van der Waals surface area contributed by atoms with Gasteiger partial charge in [0.25, 0.3) is 5.91 Å². The van der Waals surface area contributed by atoms with Crippen LogP contribution < -0.4 is 0 Å². The number of hydrogen-bond acceptors (Lipinski definition) is 3. The van der Waals surface area contributed by atoms with Crippen LogP contribution >= 0.6 is 11.6 Å². The van der Waals surface area contributed by atoms with Gasteiger partial charge in [-0.15, -0.1) is 0 Å². The molecule has 1 aromatic rings. The molecule has 6 heteroatoms. The lowest BCUT2D eigenvalue weighted by Crippen LogP contribution is -2.38. The number of halogens is 1. The first kappa shape index (κ1) is 12.4. The number of carboxylic acids is 1. The largest absolute Gasteiger partial charge is 0.481 e. The number of carboxylic acid groups (broad SMARTS) is 1. The number of rotatable bonds is 2. The Kier molecular flexibility index (Phi) is 2.93. The molecule has 2 aliphatic rings. The molecule has 0 spiro atoms. The smallest absolute Gasteiger partial charge is 0.308 e. The Morgan fingerprint density at radius 2 is 2.16 bits per heavy atom. The van der Waals surface area contributed by atoms with Crippen LogP contribution in [0.15, 0.2) is 18.3 Å². The summed E-state index contributed by atoms with van der Waals surface area (Å²) in [5, 5.41) is 9.65. The molecule has 3 unspecified atom stereocenters. The lowest BCUT2D eigenvalue weighted by molar-refractivity contribution is -0.142. The standard InChI is InChI=1S/C13H13ClN2O3/c14-7-1-3-10(15-6-7)12(17)16-8-2-4-11(16)9(5-8)13(18)19/h1,3,6,8-9,11H,2,4-5H2,(H,18,19). The van der Waals surface area contributed by atoms with Gasteiger partial charge in [-0.2, -0.15) is 0 Å². The topological polar surface area (TPSA) is 70.5 Å². The van der Waals surface area contributed by atoms with Crippen LogP contribution in [-0.2, 0) is 4.79 Å². The van der Waals surface area contributed by atoms with Gasteiger partial charge in [-0.25, -0.2) is 4.98 Å². The average molecular weight is 281 g/mol. The molecule has 1 aromatic heterocycles. The maximum absolute atomic E-state index is 12.4. The molecule has 2 bridgehead atoms. The molecule has 0 aromatic carbocycles. The third-order valence-electron chi connectivity index (χ3n) is 4.04. The minimum atomic E-state index is -0.811. The molecular weight excluding hydrogens is 268 g/mol. The van der Waals surface area contributed by atoms with Crippen molar-refractivity contribution in [3.05, 3.63) is 29.0 Å². The summed E-state index contributed by atoms with van der Waals surface area (Å²) in [5.74, 6) is -1.43. The van der Waals surface area contributed by atoms with Crippen LogP contribution in [0.5, 0.6) is 0 Å². The molecule has 2 saturated heterocycles. The van der Waals surface area contributed by atoms with E-state index < -0.39 is 11.9 Å². The Bertz CT molecular complexity index is 531. The van der Waals surface area contributed by atoms with Crippen molar-refractivity contribution in [1.82, 2.24) is 9.88 Å². The van der Waals surface area contributed by atoms with E-state index in [0.29, 0.717) is 17.1 Å². The van der Waals surface area contributed by atoms with Gasteiger partial charge in [0.2, 0.25) is 0 Å². The molecule has 3 atom stereocenters. The Morgan fingerprint density at radius 3 is 2.74 bits per heavy atom. The van der Waals surface area contributed by atoms with Gasteiger partial charge < -0.3 is 10.0 Å². The predicted molar refractivity (Wildman–Crippen MR) is 68.0 cm³/mol. The third kappa shape index (κ3) is 1.98. The fraction of sp³-hybridized carbons (Fsp3) is 0.462. The molecular formula is C13H13ClN2O3. The minimum absolute atomic E-state index is 0.0380. The first-order valence-corrected chi connectivity index (χ1v) is 6.62. The maximum atomic E-state index is 12.4. The van der Waals surface area contributed by atoms with Crippen molar-refractivity contribution < 1.29 is 14.7 Å².